The van der Waals surface area contributed by atoms with Crippen LogP contribution in [-0.2, 0) is 10.3 Å². The number of para-hydroxylation sites is 1. The molecule has 2 aliphatic heterocycles. The number of halogens is 1. The summed E-state index contributed by atoms with van der Waals surface area (Å²) in [6, 6.07) is 12.6. The van der Waals surface area contributed by atoms with Crippen molar-refractivity contribution in [2.75, 3.05) is 19.8 Å². The van der Waals surface area contributed by atoms with Crippen molar-refractivity contribution in [1.29, 1.82) is 0 Å². The van der Waals surface area contributed by atoms with Crippen LogP contribution >= 0.6 is 0 Å². The van der Waals surface area contributed by atoms with Gasteiger partial charge < -0.3 is 14.8 Å². The number of hydrogen-bond acceptors (Lipinski definition) is 4. The van der Waals surface area contributed by atoms with Gasteiger partial charge in [0.1, 0.15) is 17.3 Å². The fourth-order valence-electron chi connectivity index (χ4n) is 3.52. The summed E-state index contributed by atoms with van der Waals surface area (Å²) in [6.45, 7) is 0.927. The van der Waals surface area contributed by atoms with Gasteiger partial charge in [0.05, 0.1) is 13.2 Å². The molecule has 3 amide bonds. The highest BCUT2D eigenvalue weighted by atomic mass is 19.1. The lowest BCUT2D eigenvalue weighted by Gasteiger charge is -2.33. The zero-order valence-corrected chi connectivity index (χ0v) is 14.6. The minimum absolute atomic E-state index is 0.247. The first kappa shape index (κ1) is 17.3. The second-order valence-corrected chi connectivity index (χ2v) is 6.54. The molecular formula is C20H19FN2O4. The average molecular weight is 370 g/mol. The van der Waals surface area contributed by atoms with Gasteiger partial charge in [0, 0.05) is 18.5 Å². The topological polar surface area (TPSA) is 67.9 Å². The fourth-order valence-corrected chi connectivity index (χ4v) is 3.52. The predicted octanol–water partition coefficient (Wildman–Crippen LogP) is 2.82. The van der Waals surface area contributed by atoms with E-state index in [2.05, 4.69) is 5.32 Å². The monoisotopic (exact) mass is 370 g/mol. The van der Waals surface area contributed by atoms with E-state index in [1.807, 2.05) is 18.2 Å². The van der Waals surface area contributed by atoms with E-state index in [0.29, 0.717) is 43.1 Å². The van der Waals surface area contributed by atoms with Crippen LogP contribution in [0, 0.1) is 5.82 Å². The van der Waals surface area contributed by atoms with Crippen molar-refractivity contribution >= 4 is 11.9 Å². The Morgan fingerprint density at radius 3 is 2.74 bits per heavy atom. The number of urea groups is 1. The van der Waals surface area contributed by atoms with Crippen molar-refractivity contribution in [3.05, 3.63) is 59.9 Å². The molecule has 6 nitrogen and oxygen atoms in total. The summed E-state index contributed by atoms with van der Waals surface area (Å²) in [6.07, 6.45) is 0.877. The Balaban J connectivity index is 1.41. The van der Waals surface area contributed by atoms with Gasteiger partial charge in [-0.2, -0.15) is 0 Å². The van der Waals surface area contributed by atoms with Crippen LogP contribution in [0.15, 0.2) is 48.5 Å². The van der Waals surface area contributed by atoms with Crippen LogP contribution in [-0.4, -0.2) is 36.6 Å². The quantitative estimate of drug-likeness (QED) is 0.649. The second kappa shape index (κ2) is 6.90. The van der Waals surface area contributed by atoms with Crippen molar-refractivity contribution < 1.29 is 23.5 Å². The van der Waals surface area contributed by atoms with Gasteiger partial charge in [0.15, 0.2) is 5.54 Å². The summed E-state index contributed by atoms with van der Waals surface area (Å²) >= 11 is 0. The minimum Gasteiger partial charge on any atom is -0.494 e. The number of carbonyl (C=O) groups is 2. The third kappa shape index (κ3) is 3.09. The minimum atomic E-state index is -1.05. The number of ether oxygens (including phenoxy) is 2. The van der Waals surface area contributed by atoms with Gasteiger partial charge in [-0.1, -0.05) is 18.2 Å². The van der Waals surface area contributed by atoms with Gasteiger partial charge in [0.25, 0.3) is 5.91 Å². The van der Waals surface area contributed by atoms with Crippen LogP contribution in [0.2, 0.25) is 0 Å². The maximum absolute atomic E-state index is 13.1. The molecule has 1 N–H and O–H groups in total. The van der Waals surface area contributed by atoms with E-state index in [4.69, 9.17) is 9.47 Å². The first-order valence-electron chi connectivity index (χ1n) is 8.85. The zero-order valence-electron chi connectivity index (χ0n) is 14.6. The largest absolute Gasteiger partial charge is 0.494 e. The molecule has 7 heteroatoms. The maximum Gasteiger partial charge on any atom is 0.325 e. The highest BCUT2D eigenvalue weighted by Crippen LogP contribution is 2.40. The normalized spacial score (nSPS) is 21.0. The summed E-state index contributed by atoms with van der Waals surface area (Å²) in [5.41, 5.74) is -0.358. The Kier molecular flexibility index (Phi) is 4.43. The van der Waals surface area contributed by atoms with Gasteiger partial charge in [0.2, 0.25) is 0 Å². The van der Waals surface area contributed by atoms with Gasteiger partial charge in [-0.15, -0.1) is 0 Å². The van der Waals surface area contributed by atoms with Crippen LogP contribution in [0.3, 0.4) is 0 Å². The number of fused-ring (bicyclic) bond motifs is 2. The molecule has 4 rings (SSSR count). The SMILES string of the molecule is O=C1N[C@@]2(CCOc3ccccc32)C(=O)N1CCCOc1ccc(F)cc1. The Morgan fingerprint density at radius 1 is 1.15 bits per heavy atom. The molecule has 1 atom stereocenters. The lowest BCUT2D eigenvalue weighted by molar-refractivity contribution is -0.132. The van der Waals surface area contributed by atoms with E-state index in [9.17, 15) is 14.0 Å². The van der Waals surface area contributed by atoms with Gasteiger partial charge in [-0.05, 0) is 36.8 Å². The first-order chi connectivity index (χ1) is 13.1. The zero-order chi connectivity index (χ0) is 18.9. The van der Waals surface area contributed by atoms with Crippen LogP contribution < -0.4 is 14.8 Å². The Morgan fingerprint density at radius 2 is 1.93 bits per heavy atom. The molecule has 0 unspecified atom stereocenters. The first-order valence-corrected chi connectivity index (χ1v) is 8.85. The van der Waals surface area contributed by atoms with Gasteiger partial charge in [-0.3, -0.25) is 9.69 Å². The highest BCUT2D eigenvalue weighted by molar-refractivity contribution is 6.07. The number of imide groups is 1. The number of nitrogens with one attached hydrogen (secondary N) is 1. The average Bonchev–Trinajstić information content (AvgIpc) is 2.91. The van der Waals surface area contributed by atoms with Crippen molar-refractivity contribution in [3.8, 4) is 11.5 Å². The van der Waals surface area contributed by atoms with Crippen LogP contribution in [0.4, 0.5) is 9.18 Å². The molecule has 0 radical (unpaired) electrons. The molecule has 2 aromatic rings. The third-order valence-corrected chi connectivity index (χ3v) is 4.87. The van der Waals surface area contributed by atoms with E-state index >= 15 is 0 Å². The summed E-state index contributed by atoms with van der Waals surface area (Å²) in [5, 5.41) is 2.87. The molecule has 2 heterocycles. The van der Waals surface area contributed by atoms with Crippen LogP contribution in [0.1, 0.15) is 18.4 Å². The molecule has 0 saturated carbocycles. The molecular weight excluding hydrogens is 351 g/mol. The molecule has 0 aromatic heterocycles. The fraction of sp³-hybridized carbons (Fsp3) is 0.300. The standard InChI is InChI=1S/C20H19FN2O4/c21-14-6-8-15(9-7-14)26-12-3-11-23-18(24)20(22-19(23)25)10-13-27-17-5-2-1-4-16(17)20/h1-2,4-9H,3,10-13H2,(H,22,25)/t20-/m1/s1. The van der Waals surface area contributed by atoms with E-state index in [-0.39, 0.29) is 18.3 Å². The Bertz CT molecular complexity index is 871. The van der Waals surface area contributed by atoms with E-state index in [1.165, 1.54) is 29.2 Å². The van der Waals surface area contributed by atoms with Crippen molar-refractivity contribution in [2.45, 2.75) is 18.4 Å². The summed E-state index contributed by atoms with van der Waals surface area (Å²) in [4.78, 5) is 26.7. The molecule has 140 valence electrons. The van der Waals surface area contributed by atoms with E-state index < -0.39 is 11.6 Å². The molecule has 0 bridgehead atoms. The van der Waals surface area contributed by atoms with Crippen molar-refractivity contribution in [1.82, 2.24) is 10.2 Å². The smallest absolute Gasteiger partial charge is 0.325 e. The molecule has 0 aliphatic carbocycles. The number of rotatable bonds is 5. The van der Waals surface area contributed by atoms with Crippen molar-refractivity contribution in [3.63, 3.8) is 0 Å². The molecule has 27 heavy (non-hydrogen) atoms. The molecule has 1 saturated heterocycles. The molecule has 2 aromatic carbocycles. The Labute approximate surface area is 155 Å². The summed E-state index contributed by atoms with van der Waals surface area (Å²) < 4.78 is 24.0. The summed E-state index contributed by atoms with van der Waals surface area (Å²) in [7, 11) is 0. The number of hydrogen-bond donors (Lipinski definition) is 1. The molecule has 1 spiro atoms. The van der Waals surface area contributed by atoms with Crippen LogP contribution in [0.5, 0.6) is 11.5 Å². The number of nitrogens with zero attached hydrogens (tertiary/aromatic N) is 1. The lowest BCUT2D eigenvalue weighted by Crippen LogP contribution is -2.47. The van der Waals surface area contributed by atoms with Gasteiger partial charge >= 0.3 is 6.03 Å². The van der Waals surface area contributed by atoms with E-state index in [1.54, 1.807) is 6.07 Å². The third-order valence-electron chi connectivity index (χ3n) is 4.87. The second-order valence-electron chi connectivity index (χ2n) is 6.54. The van der Waals surface area contributed by atoms with E-state index in [0.717, 1.165) is 0 Å². The Hall–Kier alpha value is -3.09. The highest BCUT2D eigenvalue weighted by Gasteiger charge is 2.54. The lowest BCUT2D eigenvalue weighted by atomic mass is 9.84. The number of carbonyl (C=O) groups excluding carboxylic acids is 2. The maximum atomic E-state index is 13.1. The summed E-state index contributed by atoms with van der Waals surface area (Å²) in [5.74, 6) is 0.580. The molecule has 1 fully saturated rings. The number of benzene rings is 2. The van der Waals surface area contributed by atoms with Crippen molar-refractivity contribution in [2.24, 2.45) is 0 Å². The predicted molar refractivity (Wildman–Crippen MR) is 95.0 cm³/mol. The number of amides is 3. The molecule has 2 aliphatic rings. The van der Waals surface area contributed by atoms with Crippen LogP contribution in [0.25, 0.3) is 0 Å². The van der Waals surface area contributed by atoms with Gasteiger partial charge in [-0.25, -0.2) is 9.18 Å².